The first-order valence-corrected chi connectivity index (χ1v) is 8.99. The normalized spacial score (nSPS) is 12.6. The Balaban J connectivity index is 1.90. The van der Waals surface area contributed by atoms with Gasteiger partial charge in [0.05, 0.1) is 16.7 Å². The van der Waals surface area contributed by atoms with Crippen LogP contribution in [-0.2, 0) is 7.05 Å². The Labute approximate surface area is 159 Å². The van der Waals surface area contributed by atoms with E-state index in [1.807, 2.05) is 19.1 Å². The number of carbonyl (C=O) groups is 1. The second-order valence-electron chi connectivity index (χ2n) is 5.82. The summed E-state index contributed by atoms with van der Waals surface area (Å²) >= 11 is 1.31. The molecule has 0 fully saturated rings. The number of hydrogen-bond donors (Lipinski definition) is 1. The quantitative estimate of drug-likeness (QED) is 0.538. The van der Waals surface area contributed by atoms with E-state index >= 15 is 0 Å². The molecule has 0 saturated heterocycles. The van der Waals surface area contributed by atoms with E-state index in [4.69, 9.17) is 0 Å². The minimum absolute atomic E-state index is 0.158. The maximum absolute atomic E-state index is 12.4. The number of rotatable bonds is 5. The van der Waals surface area contributed by atoms with Crippen LogP contribution in [-0.4, -0.2) is 20.4 Å². The number of nitrogens with one attached hydrogen (secondary N) is 1. The molecule has 1 amide bonds. The summed E-state index contributed by atoms with van der Waals surface area (Å²) < 4.78 is 1.71. The topological polar surface area (TPSA) is 102 Å². The number of nitro groups is 1. The molecule has 2 heterocycles. The Kier molecular flexibility index (Phi) is 5.41. The average molecular weight is 383 g/mol. The molecule has 1 aromatic carbocycles. The predicted molar refractivity (Wildman–Crippen MR) is 103 cm³/mol. The van der Waals surface area contributed by atoms with Crippen molar-refractivity contribution in [2.75, 3.05) is 5.32 Å². The molecule has 3 aromatic rings. The summed E-state index contributed by atoms with van der Waals surface area (Å²) in [7, 11) is 1.77. The van der Waals surface area contributed by atoms with Crippen LogP contribution in [0.2, 0.25) is 0 Å². The molecule has 27 heavy (non-hydrogen) atoms. The maximum atomic E-state index is 12.4. The fourth-order valence-electron chi connectivity index (χ4n) is 2.46. The van der Waals surface area contributed by atoms with Crippen molar-refractivity contribution in [2.24, 2.45) is 12.0 Å². The first-order chi connectivity index (χ1) is 13.0. The third-order valence-electron chi connectivity index (χ3n) is 3.90. The highest BCUT2D eigenvalue weighted by molar-refractivity contribution is 7.07. The first-order valence-electron chi connectivity index (χ1n) is 8.11. The van der Waals surface area contributed by atoms with Crippen molar-refractivity contribution in [1.29, 1.82) is 0 Å². The van der Waals surface area contributed by atoms with Crippen molar-refractivity contribution in [3.8, 4) is 0 Å². The maximum Gasteiger partial charge on any atom is 0.293 e. The van der Waals surface area contributed by atoms with Gasteiger partial charge in [-0.2, -0.15) is 4.99 Å². The molecular weight excluding hydrogens is 366 g/mol. The fraction of sp³-hybridized carbons (Fsp3) is 0.167. The Morgan fingerprint density at radius 2 is 2.19 bits per heavy atom. The molecule has 3 rings (SSSR count). The summed E-state index contributed by atoms with van der Waals surface area (Å²) in [6, 6.07) is 9.54. The van der Waals surface area contributed by atoms with Crippen LogP contribution in [0.1, 0.15) is 29.0 Å². The fourth-order valence-corrected chi connectivity index (χ4v) is 3.19. The Hall–Kier alpha value is -3.33. The predicted octanol–water partition coefficient (Wildman–Crippen LogP) is 3.30. The highest BCUT2D eigenvalue weighted by atomic mass is 32.1. The smallest absolute Gasteiger partial charge is 0.293 e. The molecule has 1 N–H and O–H groups in total. The number of carbonyl (C=O) groups excluding carboxylic acids is 1. The largest absolute Gasteiger partial charge is 0.371 e. The van der Waals surface area contributed by atoms with Gasteiger partial charge in [-0.25, -0.2) is 0 Å². The second-order valence-corrected chi connectivity index (χ2v) is 6.70. The van der Waals surface area contributed by atoms with Gasteiger partial charge in [0.1, 0.15) is 5.69 Å². The van der Waals surface area contributed by atoms with Gasteiger partial charge in [-0.05, 0) is 31.2 Å². The van der Waals surface area contributed by atoms with Gasteiger partial charge in [-0.1, -0.05) is 6.07 Å². The number of nitrogens with zero attached hydrogens (tertiary/aromatic N) is 4. The van der Waals surface area contributed by atoms with E-state index in [9.17, 15) is 14.9 Å². The van der Waals surface area contributed by atoms with Gasteiger partial charge < -0.3 is 9.88 Å². The number of pyridine rings is 1. The molecule has 9 heteroatoms. The second kappa shape index (κ2) is 7.92. The molecule has 2 aromatic heterocycles. The van der Waals surface area contributed by atoms with Crippen molar-refractivity contribution in [2.45, 2.75) is 13.0 Å². The minimum Gasteiger partial charge on any atom is -0.371 e. The number of benzene rings is 1. The minimum atomic E-state index is -0.527. The van der Waals surface area contributed by atoms with Crippen molar-refractivity contribution in [3.05, 3.63) is 80.3 Å². The molecule has 0 spiro atoms. The molecule has 0 bridgehead atoms. The third-order valence-corrected chi connectivity index (χ3v) is 4.75. The highest BCUT2D eigenvalue weighted by Crippen LogP contribution is 2.29. The van der Waals surface area contributed by atoms with Gasteiger partial charge in [-0.3, -0.25) is 19.9 Å². The number of anilines is 1. The number of hydrogen-bond acceptors (Lipinski definition) is 6. The van der Waals surface area contributed by atoms with Gasteiger partial charge in [0.15, 0.2) is 4.80 Å². The summed E-state index contributed by atoms with van der Waals surface area (Å²) in [6.07, 6.45) is 3.45. The molecule has 1 atom stereocenters. The highest BCUT2D eigenvalue weighted by Gasteiger charge is 2.19. The lowest BCUT2D eigenvalue weighted by atomic mass is 10.1. The van der Waals surface area contributed by atoms with Crippen LogP contribution >= 0.6 is 11.3 Å². The van der Waals surface area contributed by atoms with Crippen LogP contribution in [0.25, 0.3) is 0 Å². The molecular formula is C18H17N5O3S. The zero-order chi connectivity index (χ0) is 19.4. The van der Waals surface area contributed by atoms with E-state index in [2.05, 4.69) is 15.3 Å². The summed E-state index contributed by atoms with van der Waals surface area (Å²) in [6.45, 7) is 1.86. The molecule has 0 radical (unpaired) electrons. The van der Waals surface area contributed by atoms with Crippen LogP contribution in [0, 0.1) is 10.1 Å². The van der Waals surface area contributed by atoms with Crippen LogP contribution < -0.4 is 10.1 Å². The van der Waals surface area contributed by atoms with Gasteiger partial charge in [0.25, 0.3) is 11.6 Å². The Bertz CT molecular complexity index is 1040. The van der Waals surface area contributed by atoms with Gasteiger partial charge in [0, 0.05) is 36.5 Å². The Morgan fingerprint density at radius 3 is 2.81 bits per heavy atom. The third kappa shape index (κ3) is 4.26. The summed E-state index contributed by atoms with van der Waals surface area (Å²) in [5, 5.41) is 16.4. The van der Waals surface area contributed by atoms with Crippen molar-refractivity contribution in [1.82, 2.24) is 9.55 Å². The van der Waals surface area contributed by atoms with Crippen molar-refractivity contribution in [3.63, 3.8) is 0 Å². The first kappa shape index (κ1) is 18.5. The van der Waals surface area contributed by atoms with E-state index in [0.29, 0.717) is 10.5 Å². The zero-order valence-corrected chi connectivity index (χ0v) is 15.5. The van der Waals surface area contributed by atoms with E-state index in [0.717, 1.165) is 5.69 Å². The molecule has 8 nitrogen and oxygen atoms in total. The number of aromatic nitrogens is 2. The monoisotopic (exact) mass is 383 g/mol. The van der Waals surface area contributed by atoms with E-state index in [1.165, 1.54) is 29.5 Å². The molecule has 138 valence electrons. The standard InChI is InChI=1S/C18H17N5O3S/c1-12(14-5-3-4-8-19-14)20-15-7-6-13(11-16(15)23(25)26)17(24)21-18-22(2)9-10-27-18/h3-12,20H,1-2H3. The lowest BCUT2D eigenvalue weighted by Crippen LogP contribution is -2.13. The lowest BCUT2D eigenvalue weighted by molar-refractivity contribution is -0.384. The van der Waals surface area contributed by atoms with Crippen molar-refractivity contribution >= 4 is 28.6 Å². The molecule has 1 unspecified atom stereocenters. The number of nitro benzene ring substituents is 1. The van der Waals surface area contributed by atoms with Crippen LogP contribution in [0.15, 0.2) is 59.2 Å². The summed E-state index contributed by atoms with van der Waals surface area (Å²) in [4.78, 5) is 32.1. The van der Waals surface area contributed by atoms with Gasteiger partial charge in [-0.15, -0.1) is 11.3 Å². The zero-order valence-electron chi connectivity index (χ0n) is 14.7. The molecule has 0 saturated carbocycles. The van der Waals surface area contributed by atoms with Crippen LogP contribution in [0.5, 0.6) is 0 Å². The van der Waals surface area contributed by atoms with E-state index < -0.39 is 10.8 Å². The lowest BCUT2D eigenvalue weighted by Gasteiger charge is -2.15. The summed E-state index contributed by atoms with van der Waals surface area (Å²) in [5.41, 5.74) is 1.05. The number of aryl methyl sites for hydroxylation is 1. The number of amides is 1. The van der Waals surface area contributed by atoms with Gasteiger partial charge in [0.2, 0.25) is 0 Å². The molecule has 0 aliphatic carbocycles. The van der Waals surface area contributed by atoms with Gasteiger partial charge >= 0.3 is 0 Å². The van der Waals surface area contributed by atoms with Crippen molar-refractivity contribution < 1.29 is 9.72 Å². The van der Waals surface area contributed by atoms with Crippen LogP contribution in [0.4, 0.5) is 11.4 Å². The average Bonchev–Trinajstić information content (AvgIpc) is 3.07. The van der Waals surface area contributed by atoms with E-state index in [-0.39, 0.29) is 17.3 Å². The summed E-state index contributed by atoms with van der Waals surface area (Å²) in [5.74, 6) is -0.527. The SMILES string of the molecule is CC(Nc1ccc(C(=O)N=c2sccn2C)cc1[N+](=O)[O-])c1ccccn1. The Morgan fingerprint density at radius 1 is 1.37 bits per heavy atom. The van der Waals surface area contributed by atoms with E-state index in [1.54, 1.807) is 35.5 Å². The van der Waals surface area contributed by atoms with Crippen LogP contribution in [0.3, 0.4) is 0 Å². The molecule has 0 aliphatic rings. The number of thiazole rings is 1. The molecule has 0 aliphatic heterocycles.